The summed E-state index contributed by atoms with van der Waals surface area (Å²) in [4.78, 5) is 23.1. The van der Waals surface area contributed by atoms with E-state index in [4.69, 9.17) is 13.9 Å². The van der Waals surface area contributed by atoms with Gasteiger partial charge in [-0.15, -0.1) is 0 Å². The van der Waals surface area contributed by atoms with E-state index in [1.54, 1.807) is 6.07 Å². The van der Waals surface area contributed by atoms with E-state index in [9.17, 15) is 9.59 Å². The van der Waals surface area contributed by atoms with Gasteiger partial charge in [0.1, 0.15) is 11.1 Å². The molecule has 0 bridgehead atoms. The van der Waals surface area contributed by atoms with Gasteiger partial charge in [0.05, 0.1) is 21.3 Å². The van der Waals surface area contributed by atoms with Crippen molar-refractivity contribution >= 4 is 16.9 Å². The summed E-state index contributed by atoms with van der Waals surface area (Å²) in [5, 5.41) is 0.539. The lowest BCUT2D eigenvalue weighted by atomic mass is 10.1. The SMILES string of the molecule is COC(=O)c1cc2cc(OC)c(OC)cc2oc1=O. The summed E-state index contributed by atoms with van der Waals surface area (Å²) < 4.78 is 19.8. The van der Waals surface area contributed by atoms with Gasteiger partial charge in [-0.05, 0) is 12.1 Å². The number of carbonyl (C=O) groups excluding carboxylic acids is 1. The first kappa shape index (κ1) is 12.9. The topological polar surface area (TPSA) is 75.0 Å². The van der Waals surface area contributed by atoms with Crippen LogP contribution < -0.4 is 15.1 Å². The number of ether oxygens (including phenoxy) is 3. The molecule has 0 atom stereocenters. The zero-order valence-corrected chi connectivity index (χ0v) is 10.7. The number of esters is 1. The molecule has 0 amide bonds. The smallest absolute Gasteiger partial charge is 0.351 e. The lowest BCUT2D eigenvalue weighted by Gasteiger charge is -2.08. The van der Waals surface area contributed by atoms with Crippen molar-refractivity contribution in [2.75, 3.05) is 21.3 Å². The summed E-state index contributed by atoms with van der Waals surface area (Å²) in [6, 6.07) is 4.54. The lowest BCUT2D eigenvalue weighted by Crippen LogP contribution is -2.14. The van der Waals surface area contributed by atoms with Gasteiger partial charge in [0, 0.05) is 11.5 Å². The second-order valence-electron chi connectivity index (χ2n) is 3.68. The van der Waals surface area contributed by atoms with E-state index in [1.807, 2.05) is 0 Å². The molecular weight excluding hydrogens is 252 g/mol. The maximum atomic E-state index is 11.6. The third kappa shape index (κ3) is 2.24. The van der Waals surface area contributed by atoms with Crippen molar-refractivity contribution in [1.82, 2.24) is 0 Å². The molecule has 1 aromatic carbocycles. The average Bonchev–Trinajstić information content (AvgIpc) is 2.44. The van der Waals surface area contributed by atoms with Crippen LogP contribution >= 0.6 is 0 Å². The maximum absolute atomic E-state index is 11.6. The second kappa shape index (κ2) is 5.01. The van der Waals surface area contributed by atoms with Crippen molar-refractivity contribution in [2.45, 2.75) is 0 Å². The number of rotatable bonds is 3. The molecule has 1 heterocycles. The Labute approximate surface area is 108 Å². The molecule has 0 spiro atoms. The molecule has 0 N–H and O–H groups in total. The monoisotopic (exact) mass is 264 g/mol. The molecule has 6 nitrogen and oxygen atoms in total. The van der Waals surface area contributed by atoms with Crippen LogP contribution in [0.25, 0.3) is 11.0 Å². The predicted octanol–water partition coefficient (Wildman–Crippen LogP) is 1.60. The molecule has 0 unspecified atom stereocenters. The normalized spacial score (nSPS) is 10.3. The zero-order chi connectivity index (χ0) is 14.0. The predicted molar refractivity (Wildman–Crippen MR) is 66.9 cm³/mol. The summed E-state index contributed by atoms with van der Waals surface area (Å²) >= 11 is 0. The average molecular weight is 264 g/mol. The van der Waals surface area contributed by atoms with Crippen LogP contribution in [0.3, 0.4) is 0 Å². The number of methoxy groups -OCH3 is 3. The molecule has 0 saturated heterocycles. The molecule has 0 radical (unpaired) electrons. The van der Waals surface area contributed by atoms with Crippen LogP contribution in [0.4, 0.5) is 0 Å². The van der Waals surface area contributed by atoms with E-state index in [-0.39, 0.29) is 5.56 Å². The standard InChI is InChI=1S/C13H12O6/c1-16-10-5-7-4-8(12(14)18-3)13(15)19-9(7)6-11(10)17-2/h4-6H,1-3H3. The molecule has 6 heteroatoms. The molecule has 19 heavy (non-hydrogen) atoms. The van der Waals surface area contributed by atoms with E-state index < -0.39 is 11.6 Å². The van der Waals surface area contributed by atoms with Crippen molar-refractivity contribution in [2.24, 2.45) is 0 Å². The molecule has 0 aliphatic heterocycles. The van der Waals surface area contributed by atoms with Crippen molar-refractivity contribution in [1.29, 1.82) is 0 Å². The van der Waals surface area contributed by atoms with E-state index in [0.717, 1.165) is 0 Å². The van der Waals surface area contributed by atoms with Gasteiger partial charge in [0.15, 0.2) is 11.5 Å². The molecule has 0 aliphatic carbocycles. The van der Waals surface area contributed by atoms with Gasteiger partial charge in [0.25, 0.3) is 0 Å². The first-order valence-corrected chi connectivity index (χ1v) is 5.39. The van der Waals surface area contributed by atoms with Crippen LogP contribution in [0.5, 0.6) is 11.5 Å². The van der Waals surface area contributed by atoms with Crippen LogP contribution in [-0.4, -0.2) is 27.3 Å². The summed E-state index contributed by atoms with van der Waals surface area (Å²) in [7, 11) is 4.16. The summed E-state index contributed by atoms with van der Waals surface area (Å²) in [6.07, 6.45) is 0. The molecule has 2 aromatic rings. The number of fused-ring (bicyclic) bond motifs is 1. The van der Waals surface area contributed by atoms with Crippen molar-refractivity contribution in [3.05, 3.63) is 34.2 Å². The highest BCUT2D eigenvalue weighted by Crippen LogP contribution is 2.31. The summed E-state index contributed by atoms with van der Waals surface area (Å²) in [5.41, 5.74) is -0.621. The molecule has 1 aromatic heterocycles. The Hall–Kier alpha value is -2.50. The van der Waals surface area contributed by atoms with Crippen molar-refractivity contribution < 1.29 is 23.4 Å². The highest BCUT2D eigenvalue weighted by Gasteiger charge is 2.16. The number of benzene rings is 1. The number of carbonyl (C=O) groups is 1. The fraction of sp³-hybridized carbons (Fsp3) is 0.231. The zero-order valence-electron chi connectivity index (χ0n) is 10.7. The van der Waals surface area contributed by atoms with Crippen LogP contribution in [0, 0.1) is 0 Å². The molecule has 0 saturated carbocycles. The highest BCUT2D eigenvalue weighted by atomic mass is 16.5. The van der Waals surface area contributed by atoms with Gasteiger partial charge < -0.3 is 18.6 Å². The first-order valence-electron chi connectivity index (χ1n) is 5.39. The third-order valence-corrected chi connectivity index (χ3v) is 2.64. The molecule has 0 fully saturated rings. The number of hydrogen-bond donors (Lipinski definition) is 0. The fourth-order valence-electron chi connectivity index (χ4n) is 1.70. The maximum Gasteiger partial charge on any atom is 0.351 e. The van der Waals surface area contributed by atoms with Gasteiger partial charge in [-0.25, -0.2) is 9.59 Å². The van der Waals surface area contributed by atoms with E-state index in [0.29, 0.717) is 22.5 Å². The summed E-state index contributed by atoms with van der Waals surface area (Å²) in [5.74, 6) is 0.161. The lowest BCUT2D eigenvalue weighted by molar-refractivity contribution is 0.0596. The number of hydrogen-bond acceptors (Lipinski definition) is 6. The van der Waals surface area contributed by atoms with Crippen LogP contribution in [0.2, 0.25) is 0 Å². The van der Waals surface area contributed by atoms with Gasteiger partial charge in [-0.2, -0.15) is 0 Å². The quantitative estimate of drug-likeness (QED) is 0.619. The Morgan fingerprint density at radius 1 is 1.05 bits per heavy atom. The van der Waals surface area contributed by atoms with Gasteiger partial charge in [-0.3, -0.25) is 0 Å². The summed E-state index contributed by atoms with van der Waals surface area (Å²) in [6.45, 7) is 0. The molecule has 0 aliphatic rings. The minimum Gasteiger partial charge on any atom is -0.493 e. The Bertz CT molecular complexity index is 685. The van der Waals surface area contributed by atoms with Crippen LogP contribution in [-0.2, 0) is 4.74 Å². The third-order valence-electron chi connectivity index (χ3n) is 2.64. The Morgan fingerprint density at radius 2 is 1.68 bits per heavy atom. The fourth-order valence-corrected chi connectivity index (χ4v) is 1.70. The van der Waals surface area contributed by atoms with Gasteiger partial charge in [0.2, 0.25) is 0 Å². The highest BCUT2D eigenvalue weighted by molar-refractivity contribution is 5.93. The molecular formula is C13H12O6. The van der Waals surface area contributed by atoms with Crippen molar-refractivity contribution in [3.8, 4) is 11.5 Å². The minimum absolute atomic E-state index is 0.165. The van der Waals surface area contributed by atoms with E-state index in [2.05, 4.69) is 4.74 Å². The largest absolute Gasteiger partial charge is 0.493 e. The van der Waals surface area contributed by atoms with Crippen molar-refractivity contribution in [3.63, 3.8) is 0 Å². The molecule has 2 rings (SSSR count). The van der Waals surface area contributed by atoms with E-state index >= 15 is 0 Å². The Kier molecular flexibility index (Phi) is 3.41. The minimum atomic E-state index is -0.758. The van der Waals surface area contributed by atoms with Gasteiger partial charge >= 0.3 is 11.6 Å². The molecule has 100 valence electrons. The van der Waals surface area contributed by atoms with Crippen LogP contribution in [0.15, 0.2) is 27.4 Å². The second-order valence-corrected chi connectivity index (χ2v) is 3.68. The Balaban J connectivity index is 2.72. The van der Waals surface area contributed by atoms with E-state index in [1.165, 1.54) is 33.5 Å². The Morgan fingerprint density at radius 3 is 2.26 bits per heavy atom. The first-order chi connectivity index (χ1) is 9.10. The van der Waals surface area contributed by atoms with Crippen LogP contribution in [0.1, 0.15) is 10.4 Å². The van der Waals surface area contributed by atoms with Gasteiger partial charge in [-0.1, -0.05) is 0 Å².